The minimum Gasteiger partial charge on any atom is -0.492 e. The van der Waals surface area contributed by atoms with Gasteiger partial charge in [-0.2, -0.15) is 0 Å². The summed E-state index contributed by atoms with van der Waals surface area (Å²) < 4.78 is 5.61. The van der Waals surface area contributed by atoms with E-state index in [4.69, 9.17) is 4.74 Å². The molecule has 3 heteroatoms. The minimum atomic E-state index is 0.688. The molecule has 0 atom stereocenters. The van der Waals surface area contributed by atoms with Gasteiger partial charge in [-0.25, -0.2) is 0 Å². The lowest BCUT2D eigenvalue weighted by Crippen LogP contribution is -1.97. The Kier molecular flexibility index (Phi) is 4.51. The predicted molar refractivity (Wildman–Crippen MR) is 80.3 cm³/mol. The first-order valence-corrected chi connectivity index (χ1v) is 6.80. The summed E-state index contributed by atoms with van der Waals surface area (Å²) in [6.45, 7) is 6.70. The van der Waals surface area contributed by atoms with Gasteiger partial charge < -0.3 is 4.74 Å². The highest BCUT2D eigenvalue weighted by atomic mass is 16.5. The van der Waals surface area contributed by atoms with E-state index in [1.165, 1.54) is 0 Å². The first kappa shape index (κ1) is 14.3. The molecule has 0 N–H and O–H groups in total. The standard InChI is InChI=1S/C17H19NO2/c1-4-5-20-16-8-14(9-18-10-16)17-7-12(2)15(11-19)6-13(17)3/h6-11H,4-5H2,1-3H3. The fraction of sp³-hybridized carbons (Fsp3) is 0.294. The zero-order valence-corrected chi connectivity index (χ0v) is 12.1. The van der Waals surface area contributed by atoms with Crippen molar-refractivity contribution in [1.82, 2.24) is 4.98 Å². The van der Waals surface area contributed by atoms with Crippen LogP contribution >= 0.6 is 0 Å². The maximum Gasteiger partial charge on any atom is 0.150 e. The summed E-state index contributed by atoms with van der Waals surface area (Å²) in [5.74, 6) is 0.779. The maximum atomic E-state index is 11.0. The molecular formula is C17H19NO2. The Bertz CT molecular complexity index is 620. The number of pyridine rings is 1. The van der Waals surface area contributed by atoms with Gasteiger partial charge in [0, 0.05) is 17.3 Å². The van der Waals surface area contributed by atoms with Crippen molar-refractivity contribution in [1.29, 1.82) is 0 Å². The zero-order valence-electron chi connectivity index (χ0n) is 12.1. The van der Waals surface area contributed by atoms with Crippen LogP contribution in [0.25, 0.3) is 11.1 Å². The molecule has 2 rings (SSSR count). The molecule has 104 valence electrons. The Morgan fingerprint density at radius 1 is 1.15 bits per heavy atom. The first-order valence-electron chi connectivity index (χ1n) is 6.80. The van der Waals surface area contributed by atoms with Crippen molar-refractivity contribution in [2.24, 2.45) is 0 Å². The minimum absolute atomic E-state index is 0.688. The number of carbonyl (C=O) groups excluding carboxylic acids is 1. The van der Waals surface area contributed by atoms with Crippen molar-refractivity contribution in [3.63, 3.8) is 0 Å². The number of carbonyl (C=O) groups is 1. The first-order chi connectivity index (χ1) is 9.65. The van der Waals surface area contributed by atoms with Crippen LogP contribution in [0.5, 0.6) is 5.75 Å². The fourth-order valence-electron chi connectivity index (χ4n) is 2.14. The van der Waals surface area contributed by atoms with Crippen LogP contribution in [-0.4, -0.2) is 17.9 Å². The third-order valence-electron chi connectivity index (χ3n) is 3.24. The van der Waals surface area contributed by atoms with Crippen molar-refractivity contribution < 1.29 is 9.53 Å². The SMILES string of the molecule is CCCOc1cncc(-c2cc(C)c(C=O)cc2C)c1. The second-order valence-corrected chi connectivity index (χ2v) is 4.90. The lowest BCUT2D eigenvalue weighted by Gasteiger charge is -2.11. The van der Waals surface area contributed by atoms with Crippen molar-refractivity contribution in [3.8, 4) is 16.9 Å². The summed E-state index contributed by atoms with van der Waals surface area (Å²) in [6.07, 6.45) is 5.41. The number of aromatic nitrogens is 1. The number of benzene rings is 1. The molecule has 0 radical (unpaired) electrons. The van der Waals surface area contributed by atoms with Gasteiger partial charge in [-0.3, -0.25) is 9.78 Å². The van der Waals surface area contributed by atoms with Crippen molar-refractivity contribution in [2.45, 2.75) is 27.2 Å². The van der Waals surface area contributed by atoms with Gasteiger partial charge in [-0.15, -0.1) is 0 Å². The van der Waals surface area contributed by atoms with Crippen LogP contribution in [0.1, 0.15) is 34.8 Å². The Hall–Kier alpha value is -2.16. The molecule has 0 amide bonds. The molecule has 0 aliphatic heterocycles. The summed E-state index contributed by atoms with van der Waals surface area (Å²) >= 11 is 0. The summed E-state index contributed by atoms with van der Waals surface area (Å²) in [5.41, 5.74) is 4.87. The average molecular weight is 269 g/mol. The monoisotopic (exact) mass is 269 g/mol. The van der Waals surface area contributed by atoms with E-state index in [2.05, 4.69) is 11.9 Å². The Morgan fingerprint density at radius 2 is 1.95 bits per heavy atom. The van der Waals surface area contributed by atoms with Gasteiger partial charge in [-0.05, 0) is 49.1 Å². The predicted octanol–water partition coefficient (Wildman–Crippen LogP) is 3.97. The van der Waals surface area contributed by atoms with E-state index in [1.807, 2.05) is 38.2 Å². The topological polar surface area (TPSA) is 39.2 Å². The molecular weight excluding hydrogens is 250 g/mol. The molecule has 0 fully saturated rings. The molecule has 1 aromatic heterocycles. The number of ether oxygens (including phenoxy) is 1. The number of nitrogens with zero attached hydrogens (tertiary/aromatic N) is 1. The quantitative estimate of drug-likeness (QED) is 0.771. The van der Waals surface area contributed by atoms with Gasteiger partial charge >= 0.3 is 0 Å². The Labute approximate surface area is 119 Å². The molecule has 0 bridgehead atoms. The van der Waals surface area contributed by atoms with Crippen LogP contribution in [0.3, 0.4) is 0 Å². The van der Waals surface area contributed by atoms with Gasteiger partial charge in [0.25, 0.3) is 0 Å². The van der Waals surface area contributed by atoms with Crippen LogP contribution < -0.4 is 4.74 Å². The van der Waals surface area contributed by atoms with Gasteiger partial charge in [0.05, 0.1) is 12.8 Å². The molecule has 0 saturated carbocycles. The summed E-state index contributed by atoms with van der Waals surface area (Å²) in [6, 6.07) is 5.93. The smallest absolute Gasteiger partial charge is 0.150 e. The third-order valence-corrected chi connectivity index (χ3v) is 3.24. The molecule has 20 heavy (non-hydrogen) atoms. The molecule has 0 aliphatic carbocycles. The van der Waals surface area contributed by atoms with Crippen molar-refractivity contribution in [2.75, 3.05) is 6.61 Å². The highest BCUT2D eigenvalue weighted by Gasteiger charge is 2.07. The van der Waals surface area contributed by atoms with E-state index in [1.54, 1.807) is 6.20 Å². The Balaban J connectivity index is 2.41. The van der Waals surface area contributed by atoms with Crippen LogP contribution in [-0.2, 0) is 0 Å². The van der Waals surface area contributed by atoms with Crippen LogP contribution in [0.15, 0.2) is 30.6 Å². The average Bonchev–Trinajstić information content (AvgIpc) is 2.47. The second kappa shape index (κ2) is 6.33. The van der Waals surface area contributed by atoms with E-state index in [9.17, 15) is 4.79 Å². The van der Waals surface area contributed by atoms with Crippen molar-refractivity contribution in [3.05, 3.63) is 47.3 Å². The number of hydrogen-bond donors (Lipinski definition) is 0. The second-order valence-electron chi connectivity index (χ2n) is 4.90. The molecule has 0 spiro atoms. The lowest BCUT2D eigenvalue weighted by atomic mass is 9.96. The maximum absolute atomic E-state index is 11.0. The van der Waals surface area contributed by atoms with Crippen molar-refractivity contribution >= 4 is 6.29 Å². The highest BCUT2D eigenvalue weighted by molar-refractivity contribution is 5.81. The molecule has 3 nitrogen and oxygen atoms in total. The van der Waals surface area contributed by atoms with Gasteiger partial charge in [0.1, 0.15) is 12.0 Å². The molecule has 0 aliphatic rings. The summed E-state index contributed by atoms with van der Waals surface area (Å²) in [5, 5.41) is 0. The Morgan fingerprint density at radius 3 is 2.65 bits per heavy atom. The van der Waals surface area contributed by atoms with E-state index in [0.717, 1.165) is 46.3 Å². The van der Waals surface area contributed by atoms with Gasteiger partial charge in [0.2, 0.25) is 0 Å². The van der Waals surface area contributed by atoms with Crippen LogP contribution in [0.2, 0.25) is 0 Å². The number of aryl methyl sites for hydroxylation is 2. The van der Waals surface area contributed by atoms with Gasteiger partial charge in [-0.1, -0.05) is 13.0 Å². The molecule has 1 heterocycles. The molecule has 1 aromatic carbocycles. The normalized spacial score (nSPS) is 10.3. The summed E-state index contributed by atoms with van der Waals surface area (Å²) in [7, 11) is 0. The van der Waals surface area contributed by atoms with E-state index in [0.29, 0.717) is 6.61 Å². The zero-order chi connectivity index (χ0) is 14.5. The number of hydrogen-bond acceptors (Lipinski definition) is 3. The van der Waals surface area contributed by atoms with Gasteiger partial charge in [0.15, 0.2) is 0 Å². The third kappa shape index (κ3) is 3.05. The number of rotatable bonds is 5. The van der Waals surface area contributed by atoms with E-state index in [-0.39, 0.29) is 0 Å². The molecule has 2 aromatic rings. The lowest BCUT2D eigenvalue weighted by molar-refractivity contribution is 0.112. The fourth-order valence-corrected chi connectivity index (χ4v) is 2.14. The van der Waals surface area contributed by atoms with E-state index >= 15 is 0 Å². The van der Waals surface area contributed by atoms with Crippen LogP contribution in [0.4, 0.5) is 0 Å². The largest absolute Gasteiger partial charge is 0.492 e. The highest BCUT2D eigenvalue weighted by Crippen LogP contribution is 2.28. The molecule has 0 saturated heterocycles. The number of aldehydes is 1. The van der Waals surface area contributed by atoms with E-state index < -0.39 is 0 Å². The molecule has 0 unspecified atom stereocenters. The van der Waals surface area contributed by atoms with Crippen LogP contribution in [0, 0.1) is 13.8 Å². The summed E-state index contributed by atoms with van der Waals surface area (Å²) in [4.78, 5) is 15.2.